The minimum Gasteiger partial charge on any atom is -0.454 e. The summed E-state index contributed by atoms with van der Waals surface area (Å²) in [5.41, 5.74) is 11.6. The van der Waals surface area contributed by atoms with Crippen molar-refractivity contribution >= 4 is 33.1 Å². The van der Waals surface area contributed by atoms with Crippen LogP contribution in [0.4, 0.5) is 0 Å². The highest BCUT2D eigenvalue weighted by atomic mass is 16.3. The molecule has 3 heterocycles. The van der Waals surface area contributed by atoms with E-state index in [0.29, 0.717) is 11.8 Å². The predicted octanol–water partition coefficient (Wildman–Crippen LogP) is 8.85. The van der Waals surface area contributed by atoms with E-state index in [0.717, 1.165) is 55.7 Å². The summed E-state index contributed by atoms with van der Waals surface area (Å²) in [7, 11) is 0. The molecule has 180 valence electrons. The van der Waals surface area contributed by atoms with Crippen molar-refractivity contribution in [3.8, 4) is 17.1 Å². The Hall–Kier alpha value is -3.92. The maximum atomic E-state index is 6.50. The Morgan fingerprint density at radius 1 is 0.750 bits per heavy atom. The predicted molar refractivity (Wildman–Crippen MR) is 149 cm³/mol. The van der Waals surface area contributed by atoms with Crippen LogP contribution in [-0.2, 0) is 0 Å². The largest absolute Gasteiger partial charge is 0.454 e. The SMILES string of the molecule is Cc1ccc2oc3c(-c4nc5ccccc5n4-c4c(C(C)C)cccc4C(C)C)c(C)ccc3c2n1. The van der Waals surface area contributed by atoms with Crippen molar-refractivity contribution in [2.45, 2.75) is 53.4 Å². The standard InChI is InChI=1S/C32H31N3O/c1-18(2)22-10-9-11-23(19(3)4)30(22)35-26-13-8-7-12-25(26)34-32(35)28-20(5)14-16-24-29-27(36-31(24)28)17-15-21(6)33-29/h7-19H,1-6H3. The zero-order valence-electron chi connectivity index (χ0n) is 21.8. The van der Waals surface area contributed by atoms with Crippen molar-refractivity contribution in [3.05, 3.63) is 89.1 Å². The van der Waals surface area contributed by atoms with Crippen LogP contribution in [0.25, 0.3) is 50.2 Å². The molecular weight excluding hydrogens is 442 g/mol. The van der Waals surface area contributed by atoms with Gasteiger partial charge >= 0.3 is 0 Å². The zero-order valence-corrected chi connectivity index (χ0v) is 21.8. The second-order valence-electron chi connectivity index (χ2n) is 10.4. The average molecular weight is 474 g/mol. The van der Waals surface area contributed by atoms with Gasteiger partial charge in [-0.05, 0) is 72.7 Å². The van der Waals surface area contributed by atoms with Crippen LogP contribution >= 0.6 is 0 Å². The number of hydrogen-bond donors (Lipinski definition) is 0. The first-order chi connectivity index (χ1) is 17.3. The Labute approximate surface area is 211 Å². The number of fused-ring (bicyclic) bond motifs is 4. The van der Waals surface area contributed by atoms with Gasteiger partial charge in [0.05, 0.1) is 22.3 Å². The Morgan fingerprint density at radius 3 is 2.19 bits per heavy atom. The lowest BCUT2D eigenvalue weighted by Crippen LogP contribution is -2.09. The van der Waals surface area contributed by atoms with Crippen molar-refractivity contribution < 1.29 is 4.42 Å². The first-order valence-corrected chi connectivity index (χ1v) is 12.8. The van der Waals surface area contributed by atoms with Gasteiger partial charge in [0.1, 0.15) is 16.9 Å². The molecule has 6 rings (SSSR count). The van der Waals surface area contributed by atoms with Crippen LogP contribution in [0.2, 0.25) is 0 Å². The maximum Gasteiger partial charge on any atom is 0.153 e. The monoisotopic (exact) mass is 473 g/mol. The fraction of sp³-hybridized carbons (Fsp3) is 0.250. The summed E-state index contributed by atoms with van der Waals surface area (Å²) >= 11 is 0. The summed E-state index contributed by atoms with van der Waals surface area (Å²) in [4.78, 5) is 10.0. The van der Waals surface area contributed by atoms with Crippen LogP contribution in [-0.4, -0.2) is 14.5 Å². The van der Waals surface area contributed by atoms with E-state index in [2.05, 4.69) is 93.8 Å². The Bertz CT molecular complexity index is 1740. The van der Waals surface area contributed by atoms with Gasteiger partial charge in [-0.25, -0.2) is 9.97 Å². The number of aromatic nitrogens is 3. The third-order valence-corrected chi connectivity index (χ3v) is 7.18. The number of pyridine rings is 1. The smallest absolute Gasteiger partial charge is 0.153 e. The summed E-state index contributed by atoms with van der Waals surface area (Å²) in [5, 5.41) is 1.02. The molecular formula is C32H31N3O. The second kappa shape index (κ2) is 8.34. The molecule has 0 saturated carbocycles. The van der Waals surface area contributed by atoms with Gasteiger partial charge in [-0.2, -0.15) is 0 Å². The molecule has 0 saturated heterocycles. The second-order valence-corrected chi connectivity index (χ2v) is 10.4. The van der Waals surface area contributed by atoms with Gasteiger partial charge in [-0.15, -0.1) is 0 Å². The number of imidazole rings is 1. The van der Waals surface area contributed by atoms with Gasteiger partial charge in [0.2, 0.25) is 0 Å². The lowest BCUT2D eigenvalue weighted by molar-refractivity contribution is 0.668. The third-order valence-electron chi connectivity index (χ3n) is 7.18. The molecule has 0 N–H and O–H groups in total. The number of nitrogens with zero attached hydrogens (tertiary/aromatic N) is 3. The molecule has 0 atom stereocenters. The van der Waals surface area contributed by atoms with Crippen LogP contribution in [0.15, 0.2) is 71.1 Å². The molecule has 0 radical (unpaired) electrons. The van der Waals surface area contributed by atoms with Gasteiger partial charge in [0.15, 0.2) is 5.58 Å². The van der Waals surface area contributed by atoms with E-state index in [1.165, 1.54) is 16.8 Å². The summed E-state index contributed by atoms with van der Waals surface area (Å²) in [6.45, 7) is 13.2. The maximum absolute atomic E-state index is 6.50. The Balaban J connectivity index is 1.79. The minimum atomic E-state index is 0.364. The molecule has 0 bridgehead atoms. The number of rotatable bonds is 4. The lowest BCUT2D eigenvalue weighted by atomic mass is 9.92. The highest BCUT2D eigenvalue weighted by molar-refractivity contribution is 6.08. The molecule has 0 amide bonds. The topological polar surface area (TPSA) is 43.9 Å². The van der Waals surface area contributed by atoms with Crippen LogP contribution < -0.4 is 0 Å². The van der Waals surface area contributed by atoms with Gasteiger partial charge < -0.3 is 4.42 Å². The number of furan rings is 1. The summed E-state index contributed by atoms with van der Waals surface area (Å²) in [5.74, 6) is 1.64. The quantitative estimate of drug-likeness (QED) is 0.257. The zero-order chi connectivity index (χ0) is 25.1. The highest BCUT2D eigenvalue weighted by Crippen LogP contribution is 2.41. The first-order valence-electron chi connectivity index (χ1n) is 12.8. The number of aryl methyl sites for hydroxylation is 2. The van der Waals surface area contributed by atoms with Crippen molar-refractivity contribution in [1.82, 2.24) is 14.5 Å². The van der Waals surface area contributed by atoms with Gasteiger partial charge in [-0.3, -0.25) is 4.57 Å². The lowest BCUT2D eigenvalue weighted by Gasteiger charge is -2.23. The van der Waals surface area contributed by atoms with Gasteiger partial charge in [0.25, 0.3) is 0 Å². The molecule has 3 aromatic carbocycles. The van der Waals surface area contributed by atoms with E-state index in [4.69, 9.17) is 14.4 Å². The first kappa shape index (κ1) is 22.5. The number of para-hydroxylation sites is 3. The van der Waals surface area contributed by atoms with Crippen molar-refractivity contribution in [1.29, 1.82) is 0 Å². The normalized spacial score (nSPS) is 12.1. The molecule has 0 fully saturated rings. The van der Waals surface area contributed by atoms with E-state index in [-0.39, 0.29) is 0 Å². The van der Waals surface area contributed by atoms with E-state index >= 15 is 0 Å². The number of benzene rings is 3. The molecule has 0 aliphatic heterocycles. The van der Waals surface area contributed by atoms with E-state index in [1.54, 1.807) is 0 Å². The van der Waals surface area contributed by atoms with Crippen molar-refractivity contribution in [2.75, 3.05) is 0 Å². The Morgan fingerprint density at radius 2 is 1.47 bits per heavy atom. The minimum absolute atomic E-state index is 0.364. The van der Waals surface area contributed by atoms with Crippen LogP contribution in [0.5, 0.6) is 0 Å². The molecule has 0 unspecified atom stereocenters. The molecule has 3 aromatic heterocycles. The van der Waals surface area contributed by atoms with Crippen LogP contribution in [0.1, 0.15) is 61.9 Å². The number of hydrogen-bond acceptors (Lipinski definition) is 3. The van der Waals surface area contributed by atoms with E-state index < -0.39 is 0 Å². The van der Waals surface area contributed by atoms with Gasteiger partial charge in [-0.1, -0.05) is 64.1 Å². The average Bonchev–Trinajstić information content (AvgIpc) is 3.41. The van der Waals surface area contributed by atoms with Crippen molar-refractivity contribution in [2.24, 2.45) is 0 Å². The summed E-state index contributed by atoms with van der Waals surface area (Å²) < 4.78 is 8.87. The third kappa shape index (κ3) is 3.35. The highest BCUT2D eigenvalue weighted by Gasteiger charge is 2.25. The van der Waals surface area contributed by atoms with E-state index in [1.807, 2.05) is 19.1 Å². The molecule has 0 aliphatic carbocycles. The fourth-order valence-corrected chi connectivity index (χ4v) is 5.37. The fourth-order valence-electron chi connectivity index (χ4n) is 5.37. The van der Waals surface area contributed by atoms with Crippen LogP contribution in [0, 0.1) is 13.8 Å². The van der Waals surface area contributed by atoms with Crippen molar-refractivity contribution in [3.63, 3.8) is 0 Å². The Kier molecular flexibility index (Phi) is 5.22. The van der Waals surface area contributed by atoms with Gasteiger partial charge in [0, 0.05) is 11.1 Å². The molecule has 6 aromatic rings. The molecule has 0 spiro atoms. The van der Waals surface area contributed by atoms with Crippen LogP contribution in [0.3, 0.4) is 0 Å². The van der Waals surface area contributed by atoms with E-state index in [9.17, 15) is 0 Å². The summed E-state index contributed by atoms with van der Waals surface area (Å²) in [6.07, 6.45) is 0. The molecule has 36 heavy (non-hydrogen) atoms. The summed E-state index contributed by atoms with van der Waals surface area (Å²) in [6, 6.07) is 23.4. The molecule has 4 heteroatoms. The molecule has 4 nitrogen and oxygen atoms in total. The molecule has 0 aliphatic rings.